The molecule has 2 heterocycles. The van der Waals surface area contributed by atoms with Crippen molar-refractivity contribution < 1.29 is 22.9 Å². The zero-order valence-corrected chi connectivity index (χ0v) is 17.2. The second-order valence-corrected chi connectivity index (χ2v) is 7.66. The van der Waals surface area contributed by atoms with Crippen molar-refractivity contribution in [3.05, 3.63) is 92.3 Å². The quantitative estimate of drug-likeness (QED) is 0.323. The van der Waals surface area contributed by atoms with E-state index in [4.69, 9.17) is 0 Å². The summed E-state index contributed by atoms with van der Waals surface area (Å²) >= 11 is 0. The largest absolute Gasteiger partial charge is 0.416 e. The Bertz CT molecular complexity index is 1270. The molecule has 1 N–H and O–H groups in total. The van der Waals surface area contributed by atoms with Crippen LogP contribution in [0.5, 0.6) is 0 Å². The Kier molecular flexibility index (Phi) is 5.12. The molecule has 9 heteroatoms. The molecule has 0 saturated carbocycles. The highest BCUT2D eigenvalue weighted by Crippen LogP contribution is 2.41. The van der Waals surface area contributed by atoms with Crippen molar-refractivity contribution in [1.29, 1.82) is 0 Å². The molecular formula is C23H18F3N3O3. The monoisotopic (exact) mass is 441 g/mol. The number of carbonyl (C=O) groups is 1. The van der Waals surface area contributed by atoms with Gasteiger partial charge in [0.2, 0.25) is 0 Å². The van der Waals surface area contributed by atoms with E-state index in [2.05, 4.69) is 4.98 Å². The predicted molar refractivity (Wildman–Crippen MR) is 114 cm³/mol. The molecule has 4 rings (SSSR count). The lowest BCUT2D eigenvalue weighted by molar-refractivity contribution is -0.384. The molecule has 1 amide bonds. The van der Waals surface area contributed by atoms with Crippen LogP contribution in [0, 0.1) is 24.0 Å². The van der Waals surface area contributed by atoms with Crippen LogP contribution in [0.3, 0.4) is 0 Å². The van der Waals surface area contributed by atoms with Crippen LogP contribution in [0.4, 0.5) is 24.5 Å². The SMILES string of the molecule is Cc1cc(C)c(/C=C2\C(=O)N(Cc3cccc(C(F)(F)F)c3)c3ccc([N+](=O)[O-])cc32)[nH]1. The highest BCUT2D eigenvalue weighted by molar-refractivity contribution is 6.35. The zero-order valence-electron chi connectivity index (χ0n) is 17.2. The summed E-state index contributed by atoms with van der Waals surface area (Å²) in [5.41, 5.74) is 2.79. The van der Waals surface area contributed by atoms with Crippen LogP contribution in [0.15, 0.2) is 48.5 Å². The van der Waals surface area contributed by atoms with Gasteiger partial charge in [0.05, 0.1) is 28.3 Å². The Morgan fingerprint density at radius 3 is 2.50 bits per heavy atom. The van der Waals surface area contributed by atoms with Crippen LogP contribution in [0.2, 0.25) is 0 Å². The molecule has 0 saturated heterocycles. The summed E-state index contributed by atoms with van der Waals surface area (Å²) in [7, 11) is 0. The summed E-state index contributed by atoms with van der Waals surface area (Å²) in [5.74, 6) is -0.440. The van der Waals surface area contributed by atoms with E-state index in [1.54, 1.807) is 6.08 Å². The van der Waals surface area contributed by atoms with Gasteiger partial charge in [-0.2, -0.15) is 13.2 Å². The molecule has 1 aliphatic rings. The van der Waals surface area contributed by atoms with Crippen molar-refractivity contribution in [1.82, 2.24) is 4.98 Å². The smallest absolute Gasteiger partial charge is 0.359 e. The van der Waals surface area contributed by atoms with E-state index in [9.17, 15) is 28.1 Å². The maximum absolute atomic E-state index is 13.3. The number of anilines is 1. The maximum atomic E-state index is 13.3. The Labute approximate surface area is 181 Å². The maximum Gasteiger partial charge on any atom is 0.416 e. The molecule has 1 aromatic heterocycles. The number of hydrogen-bond donors (Lipinski definition) is 1. The number of nitrogens with one attached hydrogen (secondary N) is 1. The molecule has 0 aliphatic carbocycles. The number of fused-ring (bicyclic) bond motifs is 1. The number of nitrogens with zero attached hydrogens (tertiary/aromatic N) is 2. The number of aryl methyl sites for hydroxylation is 2. The minimum absolute atomic E-state index is 0.104. The molecule has 0 atom stereocenters. The molecule has 164 valence electrons. The number of aromatic nitrogens is 1. The van der Waals surface area contributed by atoms with Crippen molar-refractivity contribution in [2.24, 2.45) is 0 Å². The van der Waals surface area contributed by atoms with Gasteiger partial charge in [0.15, 0.2) is 0 Å². The molecular weight excluding hydrogens is 423 g/mol. The number of alkyl halides is 3. The third-order valence-electron chi connectivity index (χ3n) is 5.32. The predicted octanol–water partition coefficient (Wildman–Crippen LogP) is 5.65. The number of rotatable bonds is 4. The van der Waals surface area contributed by atoms with E-state index in [0.717, 1.165) is 23.4 Å². The van der Waals surface area contributed by atoms with E-state index >= 15 is 0 Å². The van der Waals surface area contributed by atoms with E-state index < -0.39 is 22.6 Å². The van der Waals surface area contributed by atoms with Crippen LogP contribution < -0.4 is 4.90 Å². The van der Waals surface area contributed by atoms with Crippen molar-refractivity contribution in [3.63, 3.8) is 0 Å². The summed E-state index contributed by atoms with van der Waals surface area (Å²) in [6, 6.07) is 10.7. The number of carbonyl (C=O) groups excluding carboxylic acids is 1. The van der Waals surface area contributed by atoms with E-state index in [-0.39, 0.29) is 17.8 Å². The fraction of sp³-hybridized carbons (Fsp3) is 0.174. The van der Waals surface area contributed by atoms with E-state index in [0.29, 0.717) is 22.5 Å². The lowest BCUT2D eigenvalue weighted by atomic mass is 10.0. The van der Waals surface area contributed by atoms with Crippen LogP contribution >= 0.6 is 0 Å². The molecule has 3 aromatic rings. The second-order valence-electron chi connectivity index (χ2n) is 7.66. The van der Waals surface area contributed by atoms with Gasteiger partial charge >= 0.3 is 6.18 Å². The lowest BCUT2D eigenvalue weighted by Crippen LogP contribution is -2.25. The van der Waals surface area contributed by atoms with Crippen molar-refractivity contribution in [2.45, 2.75) is 26.6 Å². The van der Waals surface area contributed by atoms with Gasteiger partial charge in [-0.25, -0.2) is 0 Å². The van der Waals surface area contributed by atoms with Crippen LogP contribution in [0.25, 0.3) is 11.6 Å². The third kappa shape index (κ3) is 3.89. The van der Waals surface area contributed by atoms with Gasteiger partial charge in [-0.3, -0.25) is 14.9 Å². The minimum Gasteiger partial charge on any atom is -0.359 e. The lowest BCUT2D eigenvalue weighted by Gasteiger charge is -2.18. The van der Waals surface area contributed by atoms with E-state index in [1.807, 2.05) is 19.9 Å². The number of amides is 1. The summed E-state index contributed by atoms with van der Waals surface area (Å²) in [4.78, 5) is 28.5. The van der Waals surface area contributed by atoms with Crippen LogP contribution in [0.1, 0.15) is 33.6 Å². The first-order valence-corrected chi connectivity index (χ1v) is 9.69. The average molecular weight is 441 g/mol. The molecule has 0 spiro atoms. The number of H-pyrrole nitrogens is 1. The first-order chi connectivity index (χ1) is 15.0. The van der Waals surface area contributed by atoms with Crippen molar-refractivity contribution >= 4 is 28.9 Å². The third-order valence-corrected chi connectivity index (χ3v) is 5.32. The Balaban J connectivity index is 1.80. The fourth-order valence-electron chi connectivity index (χ4n) is 3.83. The number of nitro benzene ring substituents is 1. The Morgan fingerprint density at radius 1 is 1.12 bits per heavy atom. The molecule has 2 aromatic carbocycles. The molecule has 0 fully saturated rings. The molecule has 6 nitrogen and oxygen atoms in total. The van der Waals surface area contributed by atoms with Gasteiger partial charge in [-0.15, -0.1) is 0 Å². The van der Waals surface area contributed by atoms with Gasteiger partial charge in [0, 0.05) is 29.1 Å². The Morgan fingerprint density at radius 2 is 1.88 bits per heavy atom. The normalized spacial score (nSPS) is 14.8. The highest BCUT2D eigenvalue weighted by Gasteiger charge is 2.35. The first-order valence-electron chi connectivity index (χ1n) is 9.69. The van der Waals surface area contributed by atoms with Gasteiger partial charge in [-0.05, 0) is 55.3 Å². The van der Waals surface area contributed by atoms with Crippen LogP contribution in [-0.4, -0.2) is 15.8 Å². The standard InChI is InChI=1S/C23H18F3N3O3/c1-13-8-14(2)27-20(13)11-19-18-10-17(29(31)32)6-7-21(18)28(22(19)30)12-15-4-3-5-16(9-15)23(24,25)26/h3-11,27H,12H2,1-2H3/b19-11-. The Hall–Kier alpha value is -3.88. The number of benzene rings is 2. The molecule has 1 aliphatic heterocycles. The first kappa shape index (κ1) is 21.4. The van der Waals surface area contributed by atoms with E-state index in [1.165, 1.54) is 35.2 Å². The molecule has 0 radical (unpaired) electrons. The number of halogens is 3. The fourth-order valence-corrected chi connectivity index (χ4v) is 3.83. The number of nitro groups is 1. The summed E-state index contributed by atoms with van der Waals surface area (Å²) in [6.45, 7) is 3.63. The van der Waals surface area contributed by atoms with Crippen molar-refractivity contribution in [3.8, 4) is 0 Å². The van der Waals surface area contributed by atoms with Crippen LogP contribution in [-0.2, 0) is 17.5 Å². The highest BCUT2D eigenvalue weighted by atomic mass is 19.4. The number of hydrogen-bond acceptors (Lipinski definition) is 3. The average Bonchev–Trinajstić information content (AvgIpc) is 3.18. The number of non-ortho nitro benzene ring substituents is 1. The molecule has 0 unspecified atom stereocenters. The van der Waals surface area contributed by atoms with Crippen molar-refractivity contribution in [2.75, 3.05) is 4.90 Å². The number of aromatic amines is 1. The zero-order chi connectivity index (χ0) is 23.2. The summed E-state index contributed by atoms with van der Waals surface area (Å²) in [6.07, 6.45) is -2.88. The molecule has 0 bridgehead atoms. The second kappa shape index (κ2) is 7.67. The van der Waals surface area contributed by atoms with Gasteiger partial charge < -0.3 is 9.88 Å². The summed E-state index contributed by atoms with van der Waals surface area (Å²) in [5, 5.41) is 11.3. The minimum atomic E-state index is -4.50. The van der Waals surface area contributed by atoms with Gasteiger partial charge in [-0.1, -0.05) is 12.1 Å². The van der Waals surface area contributed by atoms with Gasteiger partial charge in [0.25, 0.3) is 11.6 Å². The summed E-state index contributed by atoms with van der Waals surface area (Å²) < 4.78 is 39.3. The topological polar surface area (TPSA) is 79.2 Å². The molecule has 32 heavy (non-hydrogen) atoms. The van der Waals surface area contributed by atoms with Gasteiger partial charge in [0.1, 0.15) is 0 Å².